The van der Waals surface area contributed by atoms with Crippen molar-refractivity contribution in [1.82, 2.24) is 5.48 Å². The molecule has 2 bridgehead atoms. The van der Waals surface area contributed by atoms with E-state index in [-0.39, 0.29) is 5.91 Å². The Kier molecular flexibility index (Phi) is 7.92. The van der Waals surface area contributed by atoms with Crippen LogP contribution in [0.1, 0.15) is 90.9 Å². The Bertz CT molecular complexity index is 478. The number of rotatable bonds is 10. The maximum atomic E-state index is 11.7. The third-order valence-corrected chi connectivity index (χ3v) is 8.74. The van der Waals surface area contributed by atoms with Gasteiger partial charge in [-0.05, 0) is 56.1 Å². The van der Waals surface area contributed by atoms with Gasteiger partial charge in [0.25, 0.3) is 0 Å². The Morgan fingerprint density at radius 1 is 1.04 bits per heavy atom. The van der Waals surface area contributed by atoms with Gasteiger partial charge in [0.05, 0.1) is 12.2 Å². The van der Waals surface area contributed by atoms with Crippen molar-refractivity contribution in [3.8, 4) is 0 Å². The van der Waals surface area contributed by atoms with E-state index in [1.165, 1.54) is 70.0 Å². The van der Waals surface area contributed by atoms with E-state index in [4.69, 9.17) is 9.94 Å². The summed E-state index contributed by atoms with van der Waals surface area (Å²) in [5.41, 5.74) is 1.32. The van der Waals surface area contributed by atoms with Crippen molar-refractivity contribution in [2.75, 3.05) is 5.75 Å². The SMILES string of the molecule is CC(C)(CCCCCC1C2CCC(O2)C1CSC1CCCCC1)C(=O)NO. The average molecular weight is 398 g/mol. The molecule has 2 N–H and O–H groups in total. The van der Waals surface area contributed by atoms with Gasteiger partial charge < -0.3 is 4.74 Å². The van der Waals surface area contributed by atoms with Crippen molar-refractivity contribution < 1.29 is 14.7 Å². The number of amides is 1. The van der Waals surface area contributed by atoms with Gasteiger partial charge in [-0.1, -0.05) is 52.4 Å². The fourth-order valence-corrected chi connectivity index (χ4v) is 6.99. The Hall–Kier alpha value is -0.260. The summed E-state index contributed by atoms with van der Waals surface area (Å²) in [6, 6.07) is 0. The first kappa shape index (κ1) is 21.4. The summed E-state index contributed by atoms with van der Waals surface area (Å²) in [6.45, 7) is 3.81. The molecule has 0 radical (unpaired) electrons. The molecule has 1 aliphatic carbocycles. The highest BCUT2D eigenvalue weighted by Gasteiger charge is 2.48. The van der Waals surface area contributed by atoms with Gasteiger partial charge in [-0.2, -0.15) is 11.8 Å². The second-order valence-corrected chi connectivity index (χ2v) is 11.0. The number of ether oxygens (including phenoxy) is 1. The van der Waals surface area contributed by atoms with E-state index in [2.05, 4.69) is 11.8 Å². The van der Waals surface area contributed by atoms with Crippen LogP contribution < -0.4 is 5.48 Å². The number of hydrogen-bond acceptors (Lipinski definition) is 4. The Morgan fingerprint density at radius 3 is 2.44 bits per heavy atom. The Morgan fingerprint density at radius 2 is 1.74 bits per heavy atom. The van der Waals surface area contributed by atoms with Gasteiger partial charge in [-0.25, -0.2) is 5.48 Å². The number of thioether (sulfide) groups is 1. The number of fused-ring (bicyclic) bond motifs is 2. The molecule has 1 amide bonds. The number of carbonyl (C=O) groups excluding carboxylic acids is 1. The largest absolute Gasteiger partial charge is 0.374 e. The molecule has 156 valence electrons. The number of hydrogen-bond donors (Lipinski definition) is 2. The second kappa shape index (κ2) is 9.98. The Balaban J connectivity index is 1.38. The minimum Gasteiger partial charge on any atom is -0.374 e. The maximum Gasteiger partial charge on any atom is 0.248 e. The van der Waals surface area contributed by atoms with Gasteiger partial charge >= 0.3 is 0 Å². The molecule has 2 aliphatic heterocycles. The highest BCUT2D eigenvalue weighted by atomic mass is 32.2. The van der Waals surface area contributed by atoms with Crippen LogP contribution in [0.25, 0.3) is 0 Å². The highest BCUT2D eigenvalue weighted by molar-refractivity contribution is 7.99. The van der Waals surface area contributed by atoms with Crippen LogP contribution in [0.15, 0.2) is 0 Å². The zero-order valence-corrected chi connectivity index (χ0v) is 18.1. The van der Waals surface area contributed by atoms with E-state index in [1.807, 2.05) is 13.8 Å². The molecule has 0 spiro atoms. The van der Waals surface area contributed by atoms with E-state index in [1.54, 1.807) is 5.48 Å². The molecule has 27 heavy (non-hydrogen) atoms. The summed E-state index contributed by atoms with van der Waals surface area (Å²) in [7, 11) is 0. The van der Waals surface area contributed by atoms with Crippen LogP contribution in [0.4, 0.5) is 0 Å². The van der Waals surface area contributed by atoms with Gasteiger partial charge in [0.1, 0.15) is 0 Å². The molecule has 3 rings (SSSR count). The van der Waals surface area contributed by atoms with Crippen LogP contribution >= 0.6 is 11.8 Å². The lowest BCUT2D eigenvalue weighted by Gasteiger charge is -2.30. The van der Waals surface area contributed by atoms with Crippen LogP contribution in [0.3, 0.4) is 0 Å². The summed E-state index contributed by atoms with van der Waals surface area (Å²) in [4.78, 5) is 11.7. The predicted molar refractivity (Wildman–Crippen MR) is 111 cm³/mol. The summed E-state index contributed by atoms with van der Waals surface area (Å²) in [5, 5.41) is 9.74. The summed E-state index contributed by atoms with van der Waals surface area (Å²) in [5.74, 6) is 2.56. The lowest BCUT2D eigenvalue weighted by atomic mass is 9.77. The maximum absolute atomic E-state index is 11.7. The molecule has 3 fully saturated rings. The van der Waals surface area contributed by atoms with E-state index >= 15 is 0 Å². The quantitative estimate of drug-likeness (QED) is 0.297. The van der Waals surface area contributed by atoms with Gasteiger partial charge in [-0.15, -0.1) is 0 Å². The van der Waals surface area contributed by atoms with Crippen LogP contribution in [0.2, 0.25) is 0 Å². The first-order valence-corrected chi connectivity index (χ1v) is 12.3. The first-order chi connectivity index (χ1) is 13.0. The molecule has 2 heterocycles. The first-order valence-electron chi connectivity index (χ1n) is 11.2. The van der Waals surface area contributed by atoms with Crippen LogP contribution in [-0.2, 0) is 9.53 Å². The topological polar surface area (TPSA) is 58.6 Å². The average Bonchev–Trinajstić information content (AvgIpc) is 3.28. The van der Waals surface area contributed by atoms with Crippen molar-refractivity contribution in [3.63, 3.8) is 0 Å². The molecular weight excluding hydrogens is 358 g/mol. The van der Waals surface area contributed by atoms with E-state index in [0.717, 1.165) is 29.9 Å². The molecule has 3 aliphatic rings. The molecule has 0 aromatic heterocycles. The smallest absolute Gasteiger partial charge is 0.248 e. The molecule has 0 aromatic rings. The fraction of sp³-hybridized carbons (Fsp3) is 0.955. The van der Waals surface area contributed by atoms with Gasteiger partial charge in [0.2, 0.25) is 5.91 Å². The summed E-state index contributed by atoms with van der Waals surface area (Å²) < 4.78 is 6.30. The minimum absolute atomic E-state index is 0.274. The standard InChI is InChI=1S/C22H39NO3S/c1-22(2,21(24)23-25)14-8-4-7-11-17-18(20-13-12-19(17)26-20)15-27-16-9-5-3-6-10-16/h16-20,25H,3-15H2,1-2H3,(H,23,24). The van der Waals surface area contributed by atoms with E-state index < -0.39 is 5.41 Å². The van der Waals surface area contributed by atoms with Crippen LogP contribution in [0.5, 0.6) is 0 Å². The van der Waals surface area contributed by atoms with Crippen molar-refractivity contribution in [2.24, 2.45) is 17.3 Å². The lowest BCUT2D eigenvalue weighted by molar-refractivity contribution is -0.138. The molecule has 4 unspecified atom stereocenters. The van der Waals surface area contributed by atoms with Crippen molar-refractivity contribution >= 4 is 17.7 Å². The van der Waals surface area contributed by atoms with Crippen molar-refractivity contribution in [3.05, 3.63) is 0 Å². The summed E-state index contributed by atoms with van der Waals surface area (Å²) in [6.07, 6.45) is 16.3. The van der Waals surface area contributed by atoms with E-state index in [0.29, 0.717) is 12.2 Å². The molecular formula is C22H39NO3S. The molecule has 5 heteroatoms. The third-order valence-electron chi connectivity index (χ3n) is 7.22. The predicted octanol–water partition coefficient (Wildman–Crippen LogP) is 5.33. The van der Waals surface area contributed by atoms with Crippen molar-refractivity contribution in [1.29, 1.82) is 0 Å². The van der Waals surface area contributed by atoms with Crippen LogP contribution in [0, 0.1) is 17.3 Å². The van der Waals surface area contributed by atoms with Gasteiger partial charge in [0, 0.05) is 10.7 Å². The zero-order chi connectivity index (χ0) is 19.3. The third kappa shape index (κ3) is 5.63. The molecule has 0 aromatic carbocycles. The summed E-state index contributed by atoms with van der Waals surface area (Å²) >= 11 is 2.24. The second-order valence-electron chi connectivity index (χ2n) is 9.64. The molecule has 4 nitrogen and oxygen atoms in total. The number of hydroxylamine groups is 1. The van der Waals surface area contributed by atoms with Crippen molar-refractivity contribution in [2.45, 2.75) is 108 Å². The van der Waals surface area contributed by atoms with E-state index in [9.17, 15) is 4.79 Å². The highest BCUT2D eigenvalue weighted by Crippen LogP contribution is 2.47. The zero-order valence-electron chi connectivity index (χ0n) is 17.3. The number of carbonyl (C=O) groups is 1. The number of nitrogens with one attached hydrogen (secondary N) is 1. The Labute approximate surface area is 169 Å². The molecule has 1 saturated carbocycles. The molecule has 4 atom stereocenters. The molecule has 2 saturated heterocycles. The minimum atomic E-state index is -0.483. The normalized spacial score (nSPS) is 31.4. The van der Waals surface area contributed by atoms with Gasteiger partial charge in [0.15, 0.2) is 0 Å². The number of unbranched alkanes of at least 4 members (excludes halogenated alkanes) is 2. The monoisotopic (exact) mass is 397 g/mol. The fourth-order valence-electron chi connectivity index (χ4n) is 5.37. The van der Waals surface area contributed by atoms with Gasteiger partial charge in [-0.3, -0.25) is 10.0 Å². The van der Waals surface area contributed by atoms with Crippen LogP contribution in [-0.4, -0.2) is 34.3 Å². The lowest BCUT2D eigenvalue weighted by Crippen LogP contribution is -2.34.